The van der Waals surface area contributed by atoms with Gasteiger partial charge in [-0.2, -0.15) is 13.9 Å². The highest BCUT2D eigenvalue weighted by Gasteiger charge is 2.14. The van der Waals surface area contributed by atoms with Gasteiger partial charge in [0.1, 0.15) is 6.33 Å². The van der Waals surface area contributed by atoms with E-state index in [0.29, 0.717) is 10.1 Å². The van der Waals surface area contributed by atoms with E-state index in [1.54, 1.807) is 0 Å². The minimum atomic E-state index is -2.64. The third-order valence-corrected chi connectivity index (χ3v) is 1.54. The first kappa shape index (κ1) is 7.84. The van der Waals surface area contributed by atoms with Crippen LogP contribution < -0.4 is 0 Å². The average Bonchev–Trinajstić information content (AvgIpc) is 2.74. The standard InChI is InChI=1S/C6H5F2N5/c7-6(8)13-3-11-12-5(13)4-1-9-10-2-4/h1-3,6H,(H,9,10). The van der Waals surface area contributed by atoms with Gasteiger partial charge in [0, 0.05) is 6.20 Å². The van der Waals surface area contributed by atoms with Crippen molar-refractivity contribution in [3.63, 3.8) is 0 Å². The normalized spacial score (nSPS) is 11.0. The molecule has 2 heterocycles. The Hall–Kier alpha value is -1.79. The monoisotopic (exact) mass is 185 g/mol. The molecule has 0 amide bonds. The predicted octanol–water partition coefficient (Wildman–Crippen LogP) is 1.06. The van der Waals surface area contributed by atoms with Crippen molar-refractivity contribution in [3.05, 3.63) is 18.7 Å². The Balaban J connectivity index is 2.46. The molecule has 0 spiro atoms. The van der Waals surface area contributed by atoms with Gasteiger partial charge in [-0.1, -0.05) is 0 Å². The molecule has 68 valence electrons. The van der Waals surface area contributed by atoms with Crippen LogP contribution in [-0.2, 0) is 0 Å². The van der Waals surface area contributed by atoms with Gasteiger partial charge in [-0.25, -0.2) is 0 Å². The van der Waals surface area contributed by atoms with Crippen molar-refractivity contribution in [2.24, 2.45) is 0 Å². The number of aromatic nitrogens is 5. The van der Waals surface area contributed by atoms with Crippen molar-refractivity contribution < 1.29 is 8.78 Å². The lowest BCUT2D eigenvalue weighted by Crippen LogP contribution is -1.98. The molecule has 0 saturated heterocycles. The van der Waals surface area contributed by atoms with Gasteiger partial charge in [0.15, 0.2) is 5.82 Å². The Labute approximate surface area is 71.4 Å². The zero-order valence-electron chi connectivity index (χ0n) is 6.35. The molecular formula is C6H5F2N5. The third kappa shape index (κ3) is 1.28. The molecule has 0 bridgehead atoms. The highest BCUT2D eigenvalue weighted by Crippen LogP contribution is 2.19. The molecule has 7 heteroatoms. The molecular weight excluding hydrogens is 180 g/mol. The smallest absolute Gasteiger partial charge is 0.285 e. The molecule has 0 aliphatic heterocycles. The van der Waals surface area contributed by atoms with Crippen LogP contribution in [0.25, 0.3) is 11.4 Å². The minimum absolute atomic E-state index is 0.101. The van der Waals surface area contributed by atoms with Gasteiger partial charge in [0.05, 0.1) is 11.8 Å². The van der Waals surface area contributed by atoms with E-state index in [-0.39, 0.29) is 5.82 Å². The summed E-state index contributed by atoms with van der Waals surface area (Å²) in [7, 11) is 0. The van der Waals surface area contributed by atoms with Crippen molar-refractivity contribution in [1.82, 2.24) is 25.0 Å². The first-order valence-electron chi connectivity index (χ1n) is 3.46. The summed E-state index contributed by atoms with van der Waals surface area (Å²) in [4.78, 5) is 0. The van der Waals surface area contributed by atoms with Gasteiger partial charge in [-0.05, 0) is 0 Å². The lowest BCUT2D eigenvalue weighted by atomic mass is 10.3. The van der Waals surface area contributed by atoms with E-state index in [1.807, 2.05) is 0 Å². The second-order valence-corrected chi connectivity index (χ2v) is 2.33. The van der Waals surface area contributed by atoms with Crippen molar-refractivity contribution in [2.45, 2.75) is 6.55 Å². The van der Waals surface area contributed by atoms with E-state index in [2.05, 4.69) is 20.4 Å². The Morgan fingerprint density at radius 2 is 2.31 bits per heavy atom. The van der Waals surface area contributed by atoms with Crippen LogP contribution in [0.3, 0.4) is 0 Å². The lowest BCUT2D eigenvalue weighted by Gasteiger charge is -2.01. The van der Waals surface area contributed by atoms with Crippen molar-refractivity contribution in [2.75, 3.05) is 0 Å². The molecule has 2 aromatic heterocycles. The quantitative estimate of drug-likeness (QED) is 0.761. The number of alkyl halides is 2. The fourth-order valence-electron chi connectivity index (χ4n) is 0.965. The summed E-state index contributed by atoms with van der Waals surface area (Å²) in [5.74, 6) is 0.101. The summed E-state index contributed by atoms with van der Waals surface area (Å²) < 4.78 is 25.3. The molecule has 0 saturated carbocycles. The molecule has 0 fully saturated rings. The first-order chi connectivity index (χ1) is 6.29. The second-order valence-electron chi connectivity index (χ2n) is 2.33. The SMILES string of the molecule is FC(F)n1cnnc1-c1cn[nH]c1. The predicted molar refractivity (Wildman–Crippen MR) is 38.9 cm³/mol. The maximum absolute atomic E-state index is 12.3. The Kier molecular flexibility index (Phi) is 1.76. The second kappa shape index (κ2) is 2.92. The molecule has 0 unspecified atom stereocenters. The van der Waals surface area contributed by atoms with E-state index < -0.39 is 6.55 Å². The number of halogens is 2. The molecule has 0 aliphatic carbocycles. The largest absolute Gasteiger partial charge is 0.321 e. The van der Waals surface area contributed by atoms with Crippen LogP contribution in [-0.4, -0.2) is 25.0 Å². The van der Waals surface area contributed by atoms with Gasteiger partial charge in [-0.15, -0.1) is 10.2 Å². The Morgan fingerprint density at radius 3 is 2.92 bits per heavy atom. The van der Waals surface area contributed by atoms with Gasteiger partial charge < -0.3 is 0 Å². The number of hydrogen-bond donors (Lipinski definition) is 1. The van der Waals surface area contributed by atoms with Crippen LogP contribution in [0.5, 0.6) is 0 Å². The lowest BCUT2D eigenvalue weighted by molar-refractivity contribution is 0.0716. The molecule has 0 atom stereocenters. The molecule has 2 aromatic rings. The van der Waals surface area contributed by atoms with Gasteiger partial charge >= 0.3 is 6.55 Å². The zero-order chi connectivity index (χ0) is 9.26. The molecule has 13 heavy (non-hydrogen) atoms. The van der Waals surface area contributed by atoms with Crippen LogP contribution in [0.15, 0.2) is 18.7 Å². The maximum atomic E-state index is 12.3. The highest BCUT2D eigenvalue weighted by atomic mass is 19.3. The fraction of sp³-hybridized carbons (Fsp3) is 0.167. The highest BCUT2D eigenvalue weighted by molar-refractivity contribution is 5.51. The molecule has 0 aromatic carbocycles. The molecule has 0 radical (unpaired) electrons. The van der Waals surface area contributed by atoms with Crippen LogP contribution >= 0.6 is 0 Å². The van der Waals surface area contributed by atoms with Crippen molar-refractivity contribution in [1.29, 1.82) is 0 Å². The van der Waals surface area contributed by atoms with Crippen LogP contribution in [0.2, 0.25) is 0 Å². The number of H-pyrrole nitrogens is 1. The Bertz CT molecular complexity index is 379. The van der Waals surface area contributed by atoms with Crippen LogP contribution in [0.1, 0.15) is 6.55 Å². The first-order valence-corrected chi connectivity index (χ1v) is 3.46. The topological polar surface area (TPSA) is 59.4 Å². The zero-order valence-corrected chi connectivity index (χ0v) is 6.35. The summed E-state index contributed by atoms with van der Waals surface area (Å²) in [6.07, 6.45) is 3.86. The number of nitrogens with one attached hydrogen (secondary N) is 1. The van der Waals surface area contributed by atoms with Gasteiger partial charge in [-0.3, -0.25) is 9.67 Å². The van der Waals surface area contributed by atoms with E-state index in [0.717, 1.165) is 6.33 Å². The van der Waals surface area contributed by atoms with E-state index >= 15 is 0 Å². The number of nitrogens with zero attached hydrogens (tertiary/aromatic N) is 4. The van der Waals surface area contributed by atoms with Gasteiger partial charge in [0.2, 0.25) is 0 Å². The molecule has 2 rings (SSSR count). The Morgan fingerprint density at radius 1 is 1.46 bits per heavy atom. The summed E-state index contributed by atoms with van der Waals surface area (Å²) >= 11 is 0. The average molecular weight is 185 g/mol. The molecule has 1 N–H and O–H groups in total. The number of aromatic amines is 1. The van der Waals surface area contributed by atoms with E-state index in [9.17, 15) is 8.78 Å². The summed E-state index contributed by atoms with van der Waals surface area (Å²) in [6, 6.07) is 0. The molecule has 5 nitrogen and oxygen atoms in total. The minimum Gasteiger partial charge on any atom is -0.285 e. The summed E-state index contributed by atoms with van der Waals surface area (Å²) in [6.45, 7) is -2.64. The number of rotatable bonds is 2. The van der Waals surface area contributed by atoms with Gasteiger partial charge in [0.25, 0.3) is 0 Å². The fourth-order valence-corrected chi connectivity index (χ4v) is 0.965. The third-order valence-electron chi connectivity index (χ3n) is 1.54. The van der Waals surface area contributed by atoms with E-state index in [1.165, 1.54) is 12.4 Å². The number of hydrogen-bond acceptors (Lipinski definition) is 3. The summed E-state index contributed by atoms with van der Waals surface area (Å²) in [5, 5.41) is 13.1. The van der Waals surface area contributed by atoms with E-state index in [4.69, 9.17) is 0 Å². The van der Waals surface area contributed by atoms with Crippen molar-refractivity contribution >= 4 is 0 Å². The summed E-state index contributed by atoms with van der Waals surface area (Å²) in [5.41, 5.74) is 0.484. The molecule has 0 aliphatic rings. The van der Waals surface area contributed by atoms with Crippen LogP contribution in [0.4, 0.5) is 8.78 Å². The van der Waals surface area contributed by atoms with Crippen LogP contribution in [0, 0.1) is 0 Å². The van der Waals surface area contributed by atoms with Crippen molar-refractivity contribution in [3.8, 4) is 11.4 Å². The maximum Gasteiger partial charge on any atom is 0.321 e.